The summed E-state index contributed by atoms with van der Waals surface area (Å²) in [5, 5.41) is 9.85. The van der Waals surface area contributed by atoms with Crippen LogP contribution in [0.2, 0.25) is 0 Å². The zero-order valence-corrected chi connectivity index (χ0v) is 11.7. The molecule has 2 rings (SSSR count). The van der Waals surface area contributed by atoms with Crippen LogP contribution in [0.3, 0.4) is 0 Å². The quantitative estimate of drug-likeness (QED) is 0.884. The fourth-order valence-corrected chi connectivity index (χ4v) is 2.60. The molecule has 1 atom stereocenters. The minimum atomic E-state index is -0.469. The van der Waals surface area contributed by atoms with Crippen molar-refractivity contribution in [3.05, 3.63) is 29.8 Å². The number of para-hydroxylation sites is 1. The first-order valence-electron chi connectivity index (χ1n) is 6.87. The summed E-state index contributed by atoms with van der Waals surface area (Å²) in [6.07, 6.45) is 0.497. The highest BCUT2D eigenvalue weighted by atomic mass is 16.3. The summed E-state index contributed by atoms with van der Waals surface area (Å²) in [7, 11) is 0. The van der Waals surface area contributed by atoms with Gasteiger partial charge in [-0.05, 0) is 19.4 Å². The third kappa shape index (κ3) is 3.26. The van der Waals surface area contributed by atoms with Gasteiger partial charge < -0.3 is 14.9 Å². The molecule has 1 heterocycles. The maximum atomic E-state index is 11.4. The van der Waals surface area contributed by atoms with Crippen LogP contribution >= 0.6 is 0 Å². The number of benzene rings is 1. The van der Waals surface area contributed by atoms with E-state index >= 15 is 0 Å². The summed E-state index contributed by atoms with van der Waals surface area (Å²) in [6.45, 7) is 6.74. The lowest BCUT2D eigenvalue weighted by Crippen LogP contribution is -2.33. The van der Waals surface area contributed by atoms with E-state index in [1.54, 1.807) is 13.8 Å². The Morgan fingerprint density at radius 3 is 2.63 bits per heavy atom. The number of anilines is 1. The molecular formula is C15H22N2O2. The van der Waals surface area contributed by atoms with Crippen molar-refractivity contribution in [3.63, 3.8) is 0 Å². The van der Waals surface area contributed by atoms with Gasteiger partial charge in [-0.2, -0.15) is 0 Å². The van der Waals surface area contributed by atoms with Gasteiger partial charge in [0.2, 0.25) is 5.91 Å². The largest absolute Gasteiger partial charge is 0.389 e. The van der Waals surface area contributed by atoms with Crippen LogP contribution in [0.25, 0.3) is 0 Å². The highest BCUT2D eigenvalue weighted by Crippen LogP contribution is 2.26. The van der Waals surface area contributed by atoms with Crippen LogP contribution in [-0.2, 0) is 4.79 Å². The Bertz CT molecular complexity index is 446. The van der Waals surface area contributed by atoms with Crippen LogP contribution < -0.4 is 4.90 Å². The van der Waals surface area contributed by atoms with E-state index in [1.807, 2.05) is 29.2 Å². The lowest BCUT2D eigenvalue weighted by Gasteiger charge is -2.26. The fraction of sp³-hybridized carbons (Fsp3) is 0.533. The molecule has 1 aliphatic heterocycles. The number of carbonyl (C=O) groups is 1. The third-order valence-electron chi connectivity index (χ3n) is 3.67. The predicted octanol–water partition coefficient (Wildman–Crippen LogP) is 1.80. The predicted molar refractivity (Wildman–Crippen MR) is 76.2 cm³/mol. The summed E-state index contributed by atoms with van der Waals surface area (Å²) in [6, 6.07) is 7.96. The van der Waals surface area contributed by atoms with Gasteiger partial charge in [-0.1, -0.05) is 18.2 Å². The second-order valence-electron chi connectivity index (χ2n) is 5.08. The molecule has 1 aliphatic rings. The smallest absolute Gasteiger partial charge is 0.219 e. The van der Waals surface area contributed by atoms with Crippen LogP contribution in [0.15, 0.2) is 24.3 Å². The average Bonchev–Trinajstić information content (AvgIpc) is 2.64. The monoisotopic (exact) mass is 262 g/mol. The molecule has 4 heteroatoms. The Labute approximate surface area is 114 Å². The van der Waals surface area contributed by atoms with Gasteiger partial charge in [-0.25, -0.2) is 0 Å². The molecule has 19 heavy (non-hydrogen) atoms. The maximum absolute atomic E-state index is 11.4. The normalized spacial score (nSPS) is 18.1. The van der Waals surface area contributed by atoms with Crippen LogP contribution in [0.5, 0.6) is 0 Å². The van der Waals surface area contributed by atoms with Crippen molar-refractivity contribution in [2.75, 3.05) is 31.1 Å². The second-order valence-corrected chi connectivity index (χ2v) is 5.08. The summed E-state index contributed by atoms with van der Waals surface area (Å²) in [4.78, 5) is 15.6. The zero-order valence-electron chi connectivity index (χ0n) is 11.7. The van der Waals surface area contributed by atoms with E-state index in [2.05, 4.69) is 4.90 Å². The zero-order chi connectivity index (χ0) is 13.8. The van der Waals surface area contributed by atoms with Gasteiger partial charge in [0.1, 0.15) is 0 Å². The van der Waals surface area contributed by atoms with E-state index in [0.29, 0.717) is 0 Å². The van der Waals surface area contributed by atoms with Crippen molar-refractivity contribution >= 4 is 11.6 Å². The van der Waals surface area contributed by atoms with Crippen molar-refractivity contribution in [3.8, 4) is 0 Å². The first kappa shape index (κ1) is 13.9. The van der Waals surface area contributed by atoms with Gasteiger partial charge >= 0.3 is 0 Å². The number of amides is 1. The molecule has 1 aromatic rings. The summed E-state index contributed by atoms with van der Waals surface area (Å²) in [5.41, 5.74) is 2.04. The minimum Gasteiger partial charge on any atom is -0.389 e. The Balaban J connectivity index is 2.16. The molecule has 1 N–H and O–H groups in total. The van der Waals surface area contributed by atoms with Crippen molar-refractivity contribution in [2.24, 2.45) is 0 Å². The first-order chi connectivity index (χ1) is 9.09. The molecule has 1 amide bonds. The molecule has 0 saturated carbocycles. The van der Waals surface area contributed by atoms with Crippen molar-refractivity contribution in [1.29, 1.82) is 0 Å². The van der Waals surface area contributed by atoms with Gasteiger partial charge in [0.25, 0.3) is 0 Å². The number of nitrogens with zero attached hydrogens (tertiary/aromatic N) is 2. The molecular weight excluding hydrogens is 240 g/mol. The molecule has 0 radical (unpaired) electrons. The van der Waals surface area contributed by atoms with Crippen molar-refractivity contribution in [2.45, 2.75) is 26.4 Å². The van der Waals surface area contributed by atoms with E-state index in [0.717, 1.165) is 43.9 Å². The lowest BCUT2D eigenvalue weighted by atomic mass is 10.1. The highest BCUT2D eigenvalue weighted by molar-refractivity contribution is 5.73. The standard InChI is InChI=1S/C15H22N2O2/c1-12(18)14-6-3-4-7-15(14)17-9-5-8-16(10-11-17)13(2)19/h3-4,6-7,12,18H,5,8-11H2,1-2H3/t12-/m1/s1. The number of rotatable bonds is 2. The molecule has 0 aliphatic carbocycles. The minimum absolute atomic E-state index is 0.144. The van der Waals surface area contributed by atoms with Crippen LogP contribution in [0.4, 0.5) is 5.69 Å². The first-order valence-corrected chi connectivity index (χ1v) is 6.87. The topological polar surface area (TPSA) is 43.8 Å². The summed E-state index contributed by atoms with van der Waals surface area (Å²) in [5.74, 6) is 0.144. The van der Waals surface area contributed by atoms with E-state index in [1.165, 1.54) is 0 Å². The van der Waals surface area contributed by atoms with Gasteiger partial charge in [0.15, 0.2) is 0 Å². The maximum Gasteiger partial charge on any atom is 0.219 e. The number of hydrogen-bond acceptors (Lipinski definition) is 3. The molecule has 0 aromatic heterocycles. The molecule has 0 bridgehead atoms. The fourth-order valence-electron chi connectivity index (χ4n) is 2.60. The summed E-state index contributed by atoms with van der Waals surface area (Å²) >= 11 is 0. The van der Waals surface area contributed by atoms with Crippen LogP contribution in [0, 0.1) is 0 Å². The number of hydrogen-bond donors (Lipinski definition) is 1. The molecule has 0 spiro atoms. The molecule has 0 unspecified atom stereocenters. The number of aliphatic hydroxyl groups is 1. The van der Waals surface area contributed by atoms with E-state index in [4.69, 9.17) is 0 Å². The molecule has 1 aromatic carbocycles. The van der Waals surface area contributed by atoms with Gasteiger partial charge in [-0.3, -0.25) is 4.79 Å². The number of aliphatic hydroxyl groups excluding tert-OH is 1. The Morgan fingerprint density at radius 2 is 1.95 bits per heavy atom. The van der Waals surface area contributed by atoms with Gasteiger partial charge in [0, 0.05) is 44.4 Å². The third-order valence-corrected chi connectivity index (χ3v) is 3.67. The molecule has 1 fully saturated rings. The molecule has 1 saturated heterocycles. The average molecular weight is 262 g/mol. The van der Waals surface area contributed by atoms with Crippen molar-refractivity contribution in [1.82, 2.24) is 4.90 Å². The highest BCUT2D eigenvalue weighted by Gasteiger charge is 2.19. The van der Waals surface area contributed by atoms with Gasteiger partial charge in [0.05, 0.1) is 6.10 Å². The lowest BCUT2D eigenvalue weighted by molar-refractivity contribution is -0.128. The van der Waals surface area contributed by atoms with Gasteiger partial charge in [-0.15, -0.1) is 0 Å². The SMILES string of the molecule is CC(=O)N1CCCN(c2ccccc2[C@@H](C)O)CC1. The second kappa shape index (κ2) is 6.06. The van der Waals surface area contributed by atoms with Crippen LogP contribution in [0.1, 0.15) is 31.9 Å². The Hall–Kier alpha value is -1.55. The van der Waals surface area contributed by atoms with Crippen LogP contribution in [-0.4, -0.2) is 42.1 Å². The number of carbonyl (C=O) groups excluding carboxylic acids is 1. The van der Waals surface area contributed by atoms with Crippen molar-refractivity contribution < 1.29 is 9.90 Å². The summed E-state index contributed by atoms with van der Waals surface area (Å²) < 4.78 is 0. The van der Waals surface area contributed by atoms with E-state index in [9.17, 15) is 9.90 Å². The Morgan fingerprint density at radius 1 is 1.21 bits per heavy atom. The molecule has 4 nitrogen and oxygen atoms in total. The Kier molecular flexibility index (Phi) is 4.43. The van der Waals surface area contributed by atoms with E-state index in [-0.39, 0.29) is 5.91 Å². The van der Waals surface area contributed by atoms with E-state index < -0.39 is 6.10 Å². The molecule has 104 valence electrons.